The number of nitrogens with two attached hydrogens (primary N) is 1. The highest BCUT2D eigenvalue weighted by atomic mass is 16.1. The van der Waals surface area contributed by atoms with Gasteiger partial charge in [0.2, 0.25) is 0 Å². The molecule has 0 atom stereocenters. The molecule has 0 saturated heterocycles. The second kappa shape index (κ2) is 4.93. The summed E-state index contributed by atoms with van der Waals surface area (Å²) in [5.74, 6) is -0.0650. The van der Waals surface area contributed by atoms with Crippen molar-refractivity contribution in [3.63, 3.8) is 0 Å². The van der Waals surface area contributed by atoms with Crippen molar-refractivity contribution < 1.29 is 4.79 Å². The van der Waals surface area contributed by atoms with Gasteiger partial charge in [0.1, 0.15) is 11.5 Å². The van der Waals surface area contributed by atoms with Gasteiger partial charge < -0.3 is 11.1 Å². The SMILES string of the molecule is Nc1cnc(C(=O)Nc2cccc3ccncc23)cn1. The van der Waals surface area contributed by atoms with Crippen LogP contribution in [0.25, 0.3) is 10.8 Å². The van der Waals surface area contributed by atoms with Gasteiger partial charge in [0.25, 0.3) is 5.91 Å². The Hall–Kier alpha value is -3.02. The number of rotatable bonds is 2. The minimum absolute atomic E-state index is 0.208. The van der Waals surface area contributed by atoms with Crippen LogP contribution in [0.15, 0.2) is 49.1 Å². The fourth-order valence-electron chi connectivity index (χ4n) is 1.86. The molecule has 0 saturated carbocycles. The van der Waals surface area contributed by atoms with Gasteiger partial charge in [-0.05, 0) is 17.5 Å². The van der Waals surface area contributed by atoms with Gasteiger partial charge in [-0.1, -0.05) is 12.1 Å². The Kier molecular flexibility index (Phi) is 2.96. The molecule has 2 heterocycles. The average molecular weight is 265 g/mol. The van der Waals surface area contributed by atoms with Crippen molar-refractivity contribution in [2.24, 2.45) is 0 Å². The summed E-state index contributed by atoms with van der Waals surface area (Å²) in [6.45, 7) is 0. The molecule has 0 spiro atoms. The van der Waals surface area contributed by atoms with Gasteiger partial charge in [0.05, 0.1) is 18.1 Å². The molecule has 6 heteroatoms. The Labute approximate surface area is 114 Å². The van der Waals surface area contributed by atoms with Crippen LogP contribution in [0, 0.1) is 0 Å². The third-order valence-electron chi connectivity index (χ3n) is 2.84. The highest BCUT2D eigenvalue weighted by Crippen LogP contribution is 2.22. The molecule has 0 aliphatic heterocycles. The van der Waals surface area contributed by atoms with Crippen LogP contribution in [0.3, 0.4) is 0 Å². The minimum Gasteiger partial charge on any atom is -0.382 e. The van der Waals surface area contributed by atoms with E-state index in [2.05, 4.69) is 20.3 Å². The number of aromatic nitrogens is 3. The van der Waals surface area contributed by atoms with Crippen LogP contribution in [0.5, 0.6) is 0 Å². The molecule has 3 aromatic rings. The van der Waals surface area contributed by atoms with E-state index in [4.69, 9.17) is 5.73 Å². The molecule has 1 aromatic carbocycles. The van der Waals surface area contributed by atoms with Crippen molar-refractivity contribution in [3.05, 3.63) is 54.7 Å². The van der Waals surface area contributed by atoms with Crippen molar-refractivity contribution in [3.8, 4) is 0 Å². The zero-order valence-corrected chi connectivity index (χ0v) is 10.4. The van der Waals surface area contributed by atoms with Crippen LogP contribution >= 0.6 is 0 Å². The number of nitrogens with zero attached hydrogens (tertiary/aromatic N) is 3. The fraction of sp³-hybridized carbons (Fsp3) is 0. The molecule has 0 bridgehead atoms. The quantitative estimate of drug-likeness (QED) is 0.737. The topological polar surface area (TPSA) is 93.8 Å². The number of carbonyl (C=O) groups is 1. The molecule has 3 N–H and O–H groups in total. The predicted molar refractivity (Wildman–Crippen MR) is 76.1 cm³/mol. The van der Waals surface area contributed by atoms with E-state index in [1.54, 1.807) is 12.4 Å². The number of nitrogen functional groups attached to an aromatic ring is 1. The van der Waals surface area contributed by atoms with Gasteiger partial charge in [-0.2, -0.15) is 0 Å². The summed E-state index contributed by atoms with van der Waals surface area (Å²) < 4.78 is 0. The maximum Gasteiger partial charge on any atom is 0.275 e. The van der Waals surface area contributed by atoms with E-state index >= 15 is 0 Å². The number of pyridine rings is 1. The summed E-state index contributed by atoms with van der Waals surface area (Å²) in [6, 6.07) is 7.52. The van der Waals surface area contributed by atoms with Crippen LogP contribution in [-0.4, -0.2) is 20.9 Å². The number of benzene rings is 1. The normalized spacial score (nSPS) is 10.4. The van der Waals surface area contributed by atoms with Gasteiger partial charge in [-0.25, -0.2) is 9.97 Å². The van der Waals surface area contributed by atoms with E-state index in [0.717, 1.165) is 10.8 Å². The maximum atomic E-state index is 12.1. The molecule has 0 fully saturated rings. The monoisotopic (exact) mass is 265 g/mol. The minimum atomic E-state index is -0.339. The number of anilines is 2. The van der Waals surface area contributed by atoms with Gasteiger partial charge in [-0.15, -0.1) is 0 Å². The lowest BCUT2D eigenvalue weighted by molar-refractivity contribution is 0.102. The number of carbonyl (C=O) groups excluding carboxylic acids is 1. The largest absolute Gasteiger partial charge is 0.382 e. The number of fused-ring (bicyclic) bond motifs is 1. The standard InChI is InChI=1S/C14H11N5O/c15-13-8-17-12(7-18-13)14(20)19-11-3-1-2-9-4-5-16-6-10(9)11/h1-8H,(H2,15,18)(H,19,20). The molecular weight excluding hydrogens is 254 g/mol. The van der Waals surface area contributed by atoms with Gasteiger partial charge >= 0.3 is 0 Å². The average Bonchev–Trinajstić information content (AvgIpc) is 2.48. The highest BCUT2D eigenvalue weighted by Gasteiger charge is 2.10. The van der Waals surface area contributed by atoms with Crippen LogP contribution in [-0.2, 0) is 0 Å². The van der Waals surface area contributed by atoms with E-state index in [1.165, 1.54) is 12.4 Å². The summed E-state index contributed by atoms with van der Waals surface area (Å²) in [4.78, 5) is 23.9. The Morgan fingerprint density at radius 2 is 2.00 bits per heavy atom. The summed E-state index contributed by atoms with van der Waals surface area (Å²) in [5.41, 5.74) is 6.33. The fourth-order valence-corrected chi connectivity index (χ4v) is 1.86. The van der Waals surface area contributed by atoms with E-state index in [-0.39, 0.29) is 17.4 Å². The van der Waals surface area contributed by atoms with E-state index in [9.17, 15) is 4.79 Å². The summed E-state index contributed by atoms with van der Waals surface area (Å²) in [7, 11) is 0. The first-order valence-corrected chi connectivity index (χ1v) is 5.95. The summed E-state index contributed by atoms with van der Waals surface area (Å²) in [6.07, 6.45) is 6.10. The van der Waals surface area contributed by atoms with E-state index in [0.29, 0.717) is 5.69 Å². The van der Waals surface area contributed by atoms with Crippen molar-refractivity contribution in [1.82, 2.24) is 15.0 Å². The molecule has 0 radical (unpaired) electrons. The molecule has 3 rings (SSSR count). The molecule has 0 unspecified atom stereocenters. The second-order valence-electron chi connectivity index (χ2n) is 4.18. The molecule has 98 valence electrons. The van der Waals surface area contributed by atoms with Crippen molar-refractivity contribution in [1.29, 1.82) is 0 Å². The Morgan fingerprint density at radius 3 is 2.80 bits per heavy atom. The Balaban J connectivity index is 1.93. The third-order valence-corrected chi connectivity index (χ3v) is 2.84. The summed E-state index contributed by atoms with van der Waals surface area (Å²) in [5, 5.41) is 4.67. The van der Waals surface area contributed by atoms with Gasteiger partial charge in [0, 0.05) is 17.8 Å². The van der Waals surface area contributed by atoms with E-state index < -0.39 is 0 Å². The molecule has 0 aliphatic rings. The van der Waals surface area contributed by atoms with Crippen molar-refractivity contribution in [2.75, 3.05) is 11.1 Å². The molecule has 6 nitrogen and oxygen atoms in total. The Bertz CT molecular complexity index is 765. The van der Waals surface area contributed by atoms with Crippen LogP contribution in [0.4, 0.5) is 11.5 Å². The first-order valence-electron chi connectivity index (χ1n) is 5.95. The lowest BCUT2D eigenvalue weighted by Gasteiger charge is -2.07. The van der Waals surface area contributed by atoms with Crippen LogP contribution in [0.1, 0.15) is 10.5 Å². The molecule has 0 aliphatic carbocycles. The number of hydrogen-bond acceptors (Lipinski definition) is 5. The summed E-state index contributed by atoms with van der Waals surface area (Å²) >= 11 is 0. The number of hydrogen-bond donors (Lipinski definition) is 2. The van der Waals surface area contributed by atoms with Gasteiger partial charge in [-0.3, -0.25) is 9.78 Å². The number of nitrogens with one attached hydrogen (secondary N) is 1. The first kappa shape index (κ1) is 12.0. The zero-order chi connectivity index (χ0) is 13.9. The highest BCUT2D eigenvalue weighted by molar-refractivity contribution is 6.07. The smallest absolute Gasteiger partial charge is 0.275 e. The van der Waals surface area contributed by atoms with Crippen LogP contribution in [0.2, 0.25) is 0 Å². The van der Waals surface area contributed by atoms with Crippen molar-refractivity contribution >= 4 is 28.2 Å². The number of amides is 1. The second-order valence-corrected chi connectivity index (χ2v) is 4.18. The van der Waals surface area contributed by atoms with E-state index in [1.807, 2.05) is 24.3 Å². The van der Waals surface area contributed by atoms with Crippen LogP contribution < -0.4 is 11.1 Å². The maximum absolute atomic E-state index is 12.1. The Morgan fingerprint density at radius 1 is 1.10 bits per heavy atom. The molecule has 2 aromatic heterocycles. The van der Waals surface area contributed by atoms with Crippen molar-refractivity contribution in [2.45, 2.75) is 0 Å². The molecular formula is C14H11N5O. The lowest BCUT2D eigenvalue weighted by atomic mass is 10.1. The molecule has 20 heavy (non-hydrogen) atoms. The molecule has 1 amide bonds. The predicted octanol–water partition coefficient (Wildman–Crippen LogP) is 1.86. The third kappa shape index (κ3) is 2.26. The first-order chi connectivity index (χ1) is 9.74. The zero-order valence-electron chi connectivity index (χ0n) is 10.4. The lowest BCUT2D eigenvalue weighted by Crippen LogP contribution is -2.14. The van der Waals surface area contributed by atoms with Gasteiger partial charge in [0.15, 0.2) is 0 Å².